The van der Waals surface area contributed by atoms with Crippen molar-refractivity contribution in [1.29, 1.82) is 0 Å². The van der Waals surface area contributed by atoms with Gasteiger partial charge in [-0.05, 0) is 30.3 Å². The van der Waals surface area contributed by atoms with Crippen molar-refractivity contribution in [3.05, 3.63) is 58.7 Å². The third kappa shape index (κ3) is 4.04. The molecule has 1 N–H and O–H groups in total. The van der Waals surface area contributed by atoms with Gasteiger partial charge < -0.3 is 14.6 Å². The Morgan fingerprint density at radius 2 is 1.89 bits per heavy atom. The molecule has 0 aliphatic carbocycles. The molecule has 1 amide bonds. The number of rotatable bonds is 5. The second-order valence-corrected chi connectivity index (χ2v) is 6.82. The third-order valence-electron chi connectivity index (χ3n) is 4.04. The van der Waals surface area contributed by atoms with E-state index in [4.69, 9.17) is 4.74 Å². The summed E-state index contributed by atoms with van der Waals surface area (Å²) in [5.41, 5.74) is 0.265. The number of ether oxygens (including phenoxy) is 1. The van der Waals surface area contributed by atoms with Crippen LogP contribution in [0.5, 0.6) is 5.75 Å². The van der Waals surface area contributed by atoms with Gasteiger partial charge in [0.25, 0.3) is 5.78 Å². The van der Waals surface area contributed by atoms with Crippen molar-refractivity contribution in [3.8, 4) is 5.75 Å². The first-order valence-electron chi connectivity index (χ1n) is 8.03. The average molecular weight is 455 g/mol. The number of amides is 1. The van der Waals surface area contributed by atoms with E-state index in [0.717, 1.165) is 6.20 Å². The maximum absolute atomic E-state index is 12.9. The van der Waals surface area contributed by atoms with Crippen LogP contribution in [0.25, 0.3) is 10.9 Å². The summed E-state index contributed by atoms with van der Waals surface area (Å²) in [7, 11) is 1.46. The van der Waals surface area contributed by atoms with Crippen LogP contribution in [0.4, 0.5) is 18.9 Å². The van der Waals surface area contributed by atoms with E-state index in [1.54, 1.807) is 36.4 Å². The van der Waals surface area contributed by atoms with E-state index in [1.807, 2.05) is 0 Å². The molecule has 0 fully saturated rings. The van der Waals surface area contributed by atoms with E-state index in [2.05, 4.69) is 21.2 Å². The maximum Gasteiger partial charge on any atom is 0.454 e. The van der Waals surface area contributed by atoms with Gasteiger partial charge in [0.2, 0.25) is 5.91 Å². The van der Waals surface area contributed by atoms with Crippen LogP contribution in [0.2, 0.25) is 0 Å². The first-order chi connectivity index (χ1) is 13.2. The summed E-state index contributed by atoms with van der Waals surface area (Å²) >= 11 is 3.19. The number of hydrogen-bond acceptors (Lipinski definition) is 3. The smallest absolute Gasteiger partial charge is 0.454 e. The Hall–Kier alpha value is -2.81. The van der Waals surface area contributed by atoms with Gasteiger partial charge in [-0.25, -0.2) is 0 Å². The second-order valence-electron chi connectivity index (χ2n) is 5.91. The molecule has 0 saturated heterocycles. The normalized spacial score (nSPS) is 11.5. The molecule has 9 heteroatoms. The van der Waals surface area contributed by atoms with Gasteiger partial charge in [0.15, 0.2) is 0 Å². The molecule has 0 aliphatic rings. The minimum atomic E-state index is -5.01. The van der Waals surface area contributed by atoms with Crippen molar-refractivity contribution >= 4 is 44.2 Å². The molecular weight excluding hydrogens is 441 g/mol. The zero-order valence-corrected chi connectivity index (χ0v) is 16.1. The van der Waals surface area contributed by atoms with Crippen LogP contribution in [0.1, 0.15) is 10.4 Å². The number of nitrogens with one attached hydrogen (secondary N) is 1. The minimum Gasteiger partial charge on any atom is -0.495 e. The molecule has 2 aromatic carbocycles. The molecule has 0 spiro atoms. The van der Waals surface area contributed by atoms with Gasteiger partial charge in [0.05, 0.1) is 18.4 Å². The van der Waals surface area contributed by atoms with Crippen molar-refractivity contribution in [3.63, 3.8) is 0 Å². The number of nitrogens with zero attached hydrogens (tertiary/aromatic N) is 1. The molecule has 0 aliphatic heterocycles. The van der Waals surface area contributed by atoms with Gasteiger partial charge in [-0.1, -0.05) is 28.1 Å². The predicted octanol–water partition coefficient (Wildman–Crippen LogP) is 4.80. The van der Waals surface area contributed by atoms with E-state index >= 15 is 0 Å². The van der Waals surface area contributed by atoms with Crippen molar-refractivity contribution in [2.24, 2.45) is 0 Å². The Morgan fingerprint density at radius 1 is 1.18 bits per heavy atom. The lowest BCUT2D eigenvalue weighted by Gasteiger charge is -2.10. The summed E-state index contributed by atoms with van der Waals surface area (Å²) < 4.78 is 45.8. The van der Waals surface area contributed by atoms with Gasteiger partial charge >= 0.3 is 6.18 Å². The fraction of sp³-hybridized carbons (Fsp3) is 0.158. The molecule has 5 nitrogen and oxygen atoms in total. The molecule has 0 radical (unpaired) electrons. The van der Waals surface area contributed by atoms with Crippen LogP contribution in [0, 0.1) is 0 Å². The number of Topliss-reactive ketones (excluding diaryl/α,β-unsaturated/α-hetero) is 1. The van der Waals surface area contributed by atoms with E-state index in [1.165, 1.54) is 17.7 Å². The van der Waals surface area contributed by atoms with Crippen LogP contribution < -0.4 is 10.1 Å². The third-order valence-corrected chi connectivity index (χ3v) is 4.53. The van der Waals surface area contributed by atoms with Crippen molar-refractivity contribution < 1.29 is 27.5 Å². The van der Waals surface area contributed by atoms with E-state index in [0.29, 0.717) is 21.4 Å². The second kappa shape index (κ2) is 7.67. The van der Waals surface area contributed by atoms with Crippen LogP contribution >= 0.6 is 15.9 Å². The number of aromatic nitrogens is 1. The fourth-order valence-corrected chi connectivity index (χ4v) is 3.19. The van der Waals surface area contributed by atoms with Crippen molar-refractivity contribution in [2.45, 2.75) is 12.7 Å². The molecule has 1 aromatic heterocycles. The Morgan fingerprint density at radius 3 is 2.57 bits per heavy atom. The maximum atomic E-state index is 12.9. The highest BCUT2D eigenvalue weighted by Crippen LogP contribution is 2.31. The SMILES string of the molecule is COc1ccccc1NC(=O)Cn1cc(C(=O)C(F)(F)F)c2cc(Br)ccc21. The lowest BCUT2D eigenvalue weighted by Crippen LogP contribution is -2.22. The Kier molecular flexibility index (Phi) is 5.46. The summed E-state index contributed by atoms with van der Waals surface area (Å²) in [6.07, 6.45) is -3.96. The number of carbonyl (C=O) groups excluding carboxylic acids is 2. The Bertz CT molecular complexity index is 1060. The van der Waals surface area contributed by atoms with E-state index in [9.17, 15) is 22.8 Å². The first kappa shape index (κ1) is 19.9. The number of anilines is 1. The number of carbonyl (C=O) groups is 2. The lowest BCUT2D eigenvalue weighted by molar-refractivity contribution is -0.116. The molecule has 0 unspecified atom stereocenters. The Labute approximate surface area is 166 Å². The van der Waals surface area contributed by atoms with E-state index in [-0.39, 0.29) is 11.9 Å². The molecule has 146 valence electrons. The van der Waals surface area contributed by atoms with Crippen molar-refractivity contribution in [2.75, 3.05) is 12.4 Å². The number of hydrogen-bond donors (Lipinski definition) is 1. The highest BCUT2D eigenvalue weighted by Gasteiger charge is 2.41. The molecule has 3 aromatic rings. The fourth-order valence-electron chi connectivity index (χ4n) is 2.83. The summed E-state index contributed by atoms with van der Waals surface area (Å²) in [5, 5.41) is 2.77. The molecule has 0 saturated carbocycles. The van der Waals surface area contributed by atoms with Crippen LogP contribution in [0.3, 0.4) is 0 Å². The highest BCUT2D eigenvalue weighted by atomic mass is 79.9. The summed E-state index contributed by atoms with van der Waals surface area (Å²) in [6.45, 7) is -0.276. The topological polar surface area (TPSA) is 60.3 Å². The number of fused-ring (bicyclic) bond motifs is 1. The quantitative estimate of drug-likeness (QED) is 0.563. The monoisotopic (exact) mass is 454 g/mol. The summed E-state index contributed by atoms with van der Waals surface area (Å²) in [6, 6.07) is 11.3. The number of benzene rings is 2. The zero-order chi connectivity index (χ0) is 20.5. The van der Waals surface area contributed by atoms with Gasteiger partial charge in [0.1, 0.15) is 12.3 Å². The molecule has 3 rings (SSSR count). The molecule has 0 atom stereocenters. The predicted molar refractivity (Wildman–Crippen MR) is 102 cm³/mol. The van der Waals surface area contributed by atoms with E-state index < -0.39 is 23.4 Å². The highest BCUT2D eigenvalue weighted by molar-refractivity contribution is 9.10. The summed E-state index contributed by atoms with van der Waals surface area (Å²) in [4.78, 5) is 24.2. The number of para-hydroxylation sites is 2. The molecular formula is C19H14BrF3N2O3. The lowest BCUT2D eigenvalue weighted by atomic mass is 10.1. The van der Waals surface area contributed by atoms with Gasteiger partial charge in [-0.15, -0.1) is 0 Å². The number of methoxy groups -OCH3 is 1. The van der Waals surface area contributed by atoms with Crippen molar-refractivity contribution in [1.82, 2.24) is 4.57 Å². The minimum absolute atomic E-state index is 0.113. The zero-order valence-electron chi connectivity index (χ0n) is 14.5. The standard InChI is InChI=1S/C19H14BrF3N2O3/c1-28-16-5-3-2-4-14(16)24-17(26)10-25-9-13(18(27)19(21,22)23)12-8-11(20)6-7-15(12)25/h2-9H,10H2,1H3,(H,24,26). The molecule has 1 heterocycles. The van der Waals surface area contributed by atoms with Crippen LogP contribution in [-0.4, -0.2) is 29.5 Å². The van der Waals surface area contributed by atoms with Crippen LogP contribution in [0.15, 0.2) is 53.1 Å². The summed E-state index contributed by atoms with van der Waals surface area (Å²) in [5.74, 6) is -1.99. The van der Waals surface area contributed by atoms with Crippen LogP contribution in [-0.2, 0) is 11.3 Å². The molecule has 0 bridgehead atoms. The average Bonchev–Trinajstić information content (AvgIpc) is 2.97. The van der Waals surface area contributed by atoms with Gasteiger partial charge in [-0.3, -0.25) is 9.59 Å². The Balaban J connectivity index is 1.95. The van der Waals surface area contributed by atoms with Gasteiger partial charge in [-0.2, -0.15) is 13.2 Å². The molecule has 28 heavy (non-hydrogen) atoms. The first-order valence-corrected chi connectivity index (χ1v) is 8.83. The number of halogens is 4. The number of ketones is 1. The largest absolute Gasteiger partial charge is 0.495 e. The number of alkyl halides is 3. The van der Waals surface area contributed by atoms with Gasteiger partial charge in [0, 0.05) is 21.6 Å².